The van der Waals surface area contributed by atoms with Crippen LogP contribution in [0.15, 0.2) is 0 Å². The summed E-state index contributed by atoms with van der Waals surface area (Å²) >= 11 is 0. The van der Waals surface area contributed by atoms with Gasteiger partial charge in [0.1, 0.15) is 0 Å². The van der Waals surface area contributed by atoms with Gasteiger partial charge in [-0.15, -0.1) is 0 Å². The lowest BCUT2D eigenvalue weighted by Gasteiger charge is -2.53. The highest BCUT2D eigenvalue weighted by molar-refractivity contribution is 5.03. The zero-order valence-corrected chi connectivity index (χ0v) is 16.9. The third-order valence-electron chi connectivity index (χ3n) is 9.28. The Hall–Kier alpha value is -0.0400. The van der Waals surface area contributed by atoms with E-state index in [1.54, 1.807) is 6.42 Å². The molecule has 0 bridgehead atoms. The summed E-state index contributed by atoms with van der Waals surface area (Å²) in [5.74, 6) is 6.65. The molecule has 4 fully saturated rings. The molecule has 0 aromatic carbocycles. The summed E-state index contributed by atoms with van der Waals surface area (Å²) in [6, 6.07) is 0. The molecule has 144 valence electrons. The van der Waals surface area contributed by atoms with Crippen molar-refractivity contribution in [2.75, 3.05) is 0 Å². The second-order valence-electron chi connectivity index (χ2n) is 10.5. The molecule has 0 aromatic heterocycles. The molecule has 4 aliphatic rings. The average Bonchev–Trinajstić information content (AvgIpc) is 3.07. The predicted molar refractivity (Wildman–Crippen MR) is 105 cm³/mol. The molecule has 0 saturated heterocycles. The van der Waals surface area contributed by atoms with Crippen LogP contribution in [0.4, 0.5) is 0 Å². The third kappa shape index (κ3) is 3.44. The lowest BCUT2D eigenvalue weighted by Crippen LogP contribution is -2.46. The molecule has 0 radical (unpaired) electrons. The van der Waals surface area contributed by atoms with E-state index in [-0.39, 0.29) is 0 Å². The van der Waals surface area contributed by atoms with Gasteiger partial charge in [0.25, 0.3) is 0 Å². The topological polar surface area (TPSA) is 20.2 Å². The number of aliphatic hydroxyl groups is 1. The minimum atomic E-state index is -0.399. The molecule has 0 spiro atoms. The van der Waals surface area contributed by atoms with Crippen molar-refractivity contribution in [1.82, 2.24) is 0 Å². The van der Waals surface area contributed by atoms with Gasteiger partial charge in [0.2, 0.25) is 0 Å². The zero-order chi connectivity index (χ0) is 17.4. The fraction of sp³-hybridized carbons (Fsp3) is 1.00. The molecule has 8 unspecified atom stereocenters. The number of hydrogen-bond acceptors (Lipinski definition) is 1. The molecular formula is C24H42O. The first-order chi connectivity index (χ1) is 12.1. The Morgan fingerprint density at radius 3 is 2.20 bits per heavy atom. The molecule has 4 saturated carbocycles. The monoisotopic (exact) mass is 346 g/mol. The zero-order valence-electron chi connectivity index (χ0n) is 16.9. The van der Waals surface area contributed by atoms with Crippen molar-refractivity contribution in [3.8, 4) is 0 Å². The normalized spacial score (nSPS) is 46.0. The first-order valence-electron chi connectivity index (χ1n) is 11.8. The molecule has 4 aliphatic carbocycles. The summed E-state index contributed by atoms with van der Waals surface area (Å²) in [6.07, 6.45) is 19.6. The van der Waals surface area contributed by atoms with Crippen LogP contribution in [0.5, 0.6) is 0 Å². The summed E-state index contributed by atoms with van der Waals surface area (Å²) in [4.78, 5) is 0. The van der Waals surface area contributed by atoms with E-state index < -0.39 is 5.60 Å². The number of rotatable bonds is 5. The van der Waals surface area contributed by atoms with E-state index in [4.69, 9.17) is 0 Å². The predicted octanol–water partition coefficient (Wildman–Crippen LogP) is 6.59. The average molecular weight is 347 g/mol. The molecule has 1 N–H and O–H groups in total. The van der Waals surface area contributed by atoms with Crippen molar-refractivity contribution in [1.29, 1.82) is 0 Å². The highest BCUT2D eigenvalue weighted by atomic mass is 16.3. The summed E-state index contributed by atoms with van der Waals surface area (Å²) in [5, 5.41) is 11.3. The standard InChI is InChI=1S/C24H42O/c1-3-4-7-16-24(2,25)23-15-14-21-20-11-10-17-8-5-6-9-18(17)19(20)12-13-22(21)23/h17-23,25H,3-16H2,1-2H3. The Balaban J connectivity index is 1.43. The van der Waals surface area contributed by atoms with Crippen LogP contribution < -0.4 is 0 Å². The maximum absolute atomic E-state index is 11.3. The van der Waals surface area contributed by atoms with Gasteiger partial charge in [-0.2, -0.15) is 0 Å². The minimum absolute atomic E-state index is 0.399. The lowest BCUT2D eigenvalue weighted by molar-refractivity contribution is -0.0673. The second kappa shape index (κ2) is 7.53. The molecule has 0 aromatic rings. The fourth-order valence-electron chi connectivity index (χ4n) is 8.18. The lowest BCUT2D eigenvalue weighted by atomic mass is 9.53. The molecular weight excluding hydrogens is 304 g/mol. The van der Waals surface area contributed by atoms with Crippen molar-refractivity contribution in [2.45, 2.75) is 109 Å². The Kier molecular flexibility index (Phi) is 5.52. The van der Waals surface area contributed by atoms with Crippen LogP contribution in [0.25, 0.3) is 0 Å². The third-order valence-corrected chi connectivity index (χ3v) is 9.28. The Labute approximate surface area is 156 Å². The molecule has 0 aliphatic heterocycles. The summed E-state index contributed by atoms with van der Waals surface area (Å²) in [6.45, 7) is 4.45. The second-order valence-corrected chi connectivity index (χ2v) is 10.5. The number of fused-ring (bicyclic) bond motifs is 5. The number of unbranched alkanes of at least 4 members (excludes halogenated alkanes) is 2. The molecule has 25 heavy (non-hydrogen) atoms. The van der Waals surface area contributed by atoms with Crippen molar-refractivity contribution in [2.24, 2.45) is 41.4 Å². The highest BCUT2D eigenvalue weighted by Crippen LogP contribution is 2.60. The van der Waals surface area contributed by atoms with Gasteiger partial charge in [0.05, 0.1) is 5.60 Å². The van der Waals surface area contributed by atoms with Crippen molar-refractivity contribution < 1.29 is 5.11 Å². The summed E-state index contributed by atoms with van der Waals surface area (Å²) in [5.41, 5.74) is -0.399. The van der Waals surface area contributed by atoms with E-state index in [9.17, 15) is 5.11 Å². The van der Waals surface area contributed by atoms with Crippen LogP contribution in [0.1, 0.15) is 104 Å². The quantitative estimate of drug-likeness (QED) is 0.557. The van der Waals surface area contributed by atoms with Gasteiger partial charge in [0.15, 0.2) is 0 Å². The maximum Gasteiger partial charge on any atom is 0.0650 e. The molecule has 4 rings (SSSR count). The van der Waals surface area contributed by atoms with E-state index in [1.165, 1.54) is 77.0 Å². The van der Waals surface area contributed by atoms with Crippen LogP contribution in [0.3, 0.4) is 0 Å². The van der Waals surface area contributed by atoms with E-state index >= 15 is 0 Å². The van der Waals surface area contributed by atoms with Crippen molar-refractivity contribution >= 4 is 0 Å². The summed E-state index contributed by atoms with van der Waals surface area (Å²) < 4.78 is 0. The van der Waals surface area contributed by atoms with Gasteiger partial charge in [-0.25, -0.2) is 0 Å². The van der Waals surface area contributed by atoms with Crippen LogP contribution >= 0.6 is 0 Å². The largest absolute Gasteiger partial charge is 0.390 e. The van der Waals surface area contributed by atoms with Gasteiger partial charge in [0, 0.05) is 0 Å². The maximum atomic E-state index is 11.3. The summed E-state index contributed by atoms with van der Waals surface area (Å²) in [7, 11) is 0. The fourth-order valence-corrected chi connectivity index (χ4v) is 8.18. The van der Waals surface area contributed by atoms with Gasteiger partial charge < -0.3 is 5.11 Å². The van der Waals surface area contributed by atoms with Gasteiger partial charge >= 0.3 is 0 Å². The molecule has 8 atom stereocenters. The molecule has 1 heteroatoms. The van der Waals surface area contributed by atoms with Crippen LogP contribution in [-0.4, -0.2) is 10.7 Å². The van der Waals surface area contributed by atoms with E-state index in [0.29, 0.717) is 5.92 Å². The van der Waals surface area contributed by atoms with Crippen LogP contribution in [0.2, 0.25) is 0 Å². The van der Waals surface area contributed by atoms with E-state index in [1.807, 2.05) is 0 Å². The minimum Gasteiger partial charge on any atom is -0.390 e. The molecule has 0 amide bonds. The molecule has 0 heterocycles. The Morgan fingerprint density at radius 2 is 1.36 bits per heavy atom. The number of hydrogen-bond donors (Lipinski definition) is 1. The van der Waals surface area contributed by atoms with Crippen LogP contribution in [0, 0.1) is 41.4 Å². The van der Waals surface area contributed by atoms with Gasteiger partial charge in [-0.05, 0) is 99.7 Å². The highest BCUT2D eigenvalue weighted by Gasteiger charge is 2.53. The molecule has 1 nitrogen and oxygen atoms in total. The Morgan fingerprint density at radius 1 is 0.720 bits per heavy atom. The smallest absolute Gasteiger partial charge is 0.0650 e. The van der Waals surface area contributed by atoms with Gasteiger partial charge in [-0.3, -0.25) is 0 Å². The van der Waals surface area contributed by atoms with E-state index in [2.05, 4.69) is 13.8 Å². The first-order valence-corrected chi connectivity index (χ1v) is 11.8. The van der Waals surface area contributed by atoms with Gasteiger partial charge in [-0.1, -0.05) is 45.4 Å². The van der Waals surface area contributed by atoms with Crippen molar-refractivity contribution in [3.63, 3.8) is 0 Å². The van der Waals surface area contributed by atoms with E-state index in [0.717, 1.165) is 41.9 Å². The van der Waals surface area contributed by atoms with Crippen molar-refractivity contribution in [3.05, 3.63) is 0 Å². The SMILES string of the molecule is CCCCCC(C)(O)C1CCC2C3CCC4CCCCC4C3CCC21. The Bertz CT molecular complexity index is 441. The van der Waals surface area contributed by atoms with Crippen LogP contribution in [-0.2, 0) is 0 Å². The first kappa shape index (κ1) is 18.3.